The third-order valence-electron chi connectivity index (χ3n) is 6.01. The van der Waals surface area contributed by atoms with Crippen LogP contribution in [0.5, 0.6) is 0 Å². The lowest BCUT2D eigenvalue weighted by atomic mass is 9.97. The first-order valence-electron chi connectivity index (χ1n) is 10.6. The van der Waals surface area contributed by atoms with Gasteiger partial charge in [-0.3, -0.25) is 9.78 Å². The smallest absolute Gasteiger partial charge is 0.363 e. The number of nitrogens with one attached hydrogen (secondary N) is 1. The highest BCUT2D eigenvalue weighted by Gasteiger charge is 2.33. The Bertz CT molecular complexity index is 1240. The van der Waals surface area contributed by atoms with Gasteiger partial charge in [0.05, 0.1) is 29.0 Å². The van der Waals surface area contributed by atoms with Crippen molar-refractivity contribution in [2.75, 3.05) is 18.4 Å². The quantitative estimate of drug-likeness (QED) is 0.588. The maximum atomic E-state index is 13.3. The highest BCUT2D eigenvalue weighted by molar-refractivity contribution is 5.90. The van der Waals surface area contributed by atoms with Crippen LogP contribution in [-0.4, -0.2) is 38.8 Å². The zero-order valence-electron chi connectivity index (χ0n) is 18.6. The van der Waals surface area contributed by atoms with Crippen molar-refractivity contribution in [3.63, 3.8) is 0 Å². The lowest BCUT2D eigenvalue weighted by Gasteiger charge is -2.25. The second kappa shape index (κ2) is 8.80. The summed E-state index contributed by atoms with van der Waals surface area (Å²) < 4.78 is 40.0. The molecule has 1 aromatic carbocycles. The normalized spacial score (nSPS) is 15.3. The second-order valence-electron chi connectivity index (χ2n) is 8.14. The third kappa shape index (κ3) is 4.67. The van der Waals surface area contributed by atoms with Crippen LogP contribution < -0.4 is 5.32 Å². The van der Waals surface area contributed by atoms with Gasteiger partial charge in [-0.05, 0) is 49.1 Å². The van der Waals surface area contributed by atoms with E-state index < -0.39 is 17.8 Å². The van der Waals surface area contributed by atoms with E-state index in [0.29, 0.717) is 36.4 Å². The zero-order valence-corrected chi connectivity index (χ0v) is 18.6. The molecular weight excluding hydrogens is 431 g/mol. The number of pyridine rings is 1. The summed E-state index contributed by atoms with van der Waals surface area (Å²) in [7, 11) is 0. The largest absolute Gasteiger partial charge is 0.416 e. The number of carbonyl (C=O) groups excluding carboxylic acids is 1. The fraction of sp³-hybridized carbons (Fsp3) is 0.333. The summed E-state index contributed by atoms with van der Waals surface area (Å²) >= 11 is 0. The van der Waals surface area contributed by atoms with Crippen LogP contribution in [0.2, 0.25) is 0 Å². The first kappa shape index (κ1) is 22.7. The van der Waals surface area contributed by atoms with E-state index in [4.69, 9.17) is 0 Å². The highest BCUT2D eigenvalue weighted by Crippen LogP contribution is 2.35. The number of fused-ring (bicyclic) bond motifs is 1. The van der Waals surface area contributed by atoms with Crippen LogP contribution in [0.25, 0.3) is 16.5 Å². The summed E-state index contributed by atoms with van der Waals surface area (Å²) in [6.45, 7) is 6.00. The Hall–Kier alpha value is -3.49. The van der Waals surface area contributed by atoms with Gasteiger partial charge in [-0.2, -0.15) is 13.2 Å². The van der Waals surface area contributed by atoms with Crippen LogP contribution in [0.4, 0.5) is 19.0 Å². The molecular formula is C24H24F3N5O. The first-order chi connectivity index (χ1) is 15.6. The van der Waals surface area contributed by atoms with E-state index in [9.17, 15) is 18.0 Å². The Labute approximate surface area is 189 Å². The summed E-state index contributed by atoms with van der Waals surface area (Å²) in [5.74, 6) is 0.560. The molecule has 0 fully saturated rings. The Balaban J connectivity index is 1.65. The fourth-order valence-corrected chi connectivity index (χ4v) is 4.15. The Kier molecular flexibility index (Phi) is 6.05. The summed E-state index contributed by atoms with van der Waals surface area (Å²) in [4.78, 5) is 26.5. The van der Waals surface area contributed by atoms with Crippen LogP contribution in [0, 0.1) is 6.92 Å². The summed E-state index contributed by atoms with van der Waals surface area (Å²) in [6.07, 6.45) is 1.34. The van der Waals surface area contributed by atoms with Crippen molar-refractivity contribution in [1.82, 2.24) is 19.9 Å². The number of nitrogens with zero attached hydrogens (tertiary/aromatic N) is 4. The molecule has 0 radical (unpaired) electrons. The van der Waals surface area contributed by atoms with Gasteiger partial charge in [0.1, 0.15) is 12.1 Å². The molecule has 1 aliphatic rings. The zero-order chi connectivity index (χ0) is 23.8. The minimum atomic E-state index is -4.41. The molecule has 0 aliphatic carbocycles. The van der Waals surface area contributed by atoms with Crippen molar-refractivity contribution in [3.05, 3.63) is 65.2 Å². The van der Waals surface area contributed by atoms with E-state index in [1.54, 1.807) is 31.0 Å². The van der Waals surface area contributed by atoms with Gasteiger partial charge in [0.2, 0.25) is 5.91 Å². The van der Waals surface area contributed by atoms with Crippen LogP contribution in [0.15, 0.2) is 42.9 Å². The van der Waals surface area contributed by atoms with Crippen molar-refractivity contribution >= 4 is 28.2 Å². The number of rotatable bonds is 4. The number of amides is 1. The molecule has 0 bridgehead atoms. The van der Waals surface area contributed by atoms with Gasteiger partial charge in [-0.1, -0.05) is 18.2 Å². The molecule has 3 heterocycles. The molecule has 1 aliphatic heterocycles. The molecule has 9 heteroatoms. The number of anilines is 1. The van der Waals surface area contributed by atoms with Crippen LogP contribution >= 0.6 is 0 Å². The van der Waals surface area contributed by atoms with Crippen molar-refractivity contribution in [3.8, 4) is 0 Å². The van der Waals surface area contributed by atoms with Gasteiger partial charge in [-0.25, -0.2) is 9.97 Å². The highest BCUT2D eigenvalue weighted by atomic mass is 19.4. The molecule has 0 saturated carbocycles. The predicted molar refractivity (Wildman–Crippen MR) is 120 cm³/mol. The molecule has 33 heavy (non-hydrogen) atoms. The Morgan fingerprint density at radius 3 is 2.67 bits per heavy atom. The summed E-state index contributed by atoms with van der Waals surface area (Å²) in [6, 6.07) is 5.67. The first-order valence-corrected chi connectivity index (χ1v) is 10.6. The maximum Gasteiger partial charge on any atom is 0.416 e. The van der Waals surface area contributed by atoms with E-state index in [-0.39, 0.29) is 11.5 Å². The summed E-state index contributed by atoms with van der Waals surface area (Å²) in [5.41, 5.74) is 2.53. The van der Waals surface area contributed by atoms with Gasteiger partial charge in [0.15, 0.2) is 0 Å². The van der Waals surface area contributed by atoms with Crippen molar-refractivity contribution in [2.45, 2.75) is 39.4 Å². The Morgan fingerprint density at radius 2 is 2.00 bits per heavy atom. The SMILES string of the molecule is CC(=O)N1CC=C(c2cc3c(N[C@H](C)c4cccc(C(F)(F)F)c4C)ncnc3cn2)CC1. The lowest BCUT2D eigenvalue weighted by Crippen LogP contribution is -2.32. The van der Waals surface area contributed by atoms with Gasteiger partial charge >= 0.3 is 6.18 Å². The van der Waals surface area contributed by atoms with E-state index in [2.05, 4.69) is 20.3 Å². The number of carbonyl (C=O) groups is 1. The standard InChI is InChI=1S/C24H24F3N5O/c1-14-18(5-4-6-20(14)24(25,26)27)15(2)31-23-19-11-21(28-12-22(19)29-13-30-23)17-7-9-32(10-8-17)16(3)33/h4-7,11-13,15H,8-10H2,1-3H3,(H,29,30,31)/t15-/m1/s1. The number of aromatic nitrogens is 3. The average molecular weight is 455 g/mol. The van der Waals surface area contributed by atoms with Crippen molar-refractivity contribution in [1.29, 1.82) is 0 Å². The van der Waals surface area contributed by atoms with E-state index in [1.165, 1.54) is 19.3 Å². The topological polar surface area (TPSA) is 71.0 Å². The summed E-state index contributed by atoms with van der Waals surface area (Å²) in [5, 5.41) is 3.98. The van der Waals surface area contributed by atoms with Gasteiger partial charge < -0.3 is 10.2 Å². The second-order valence-corrected chi connectivity index (χ2v) is 8.14. The predicted octanol–water partition coefficient (Wildman–Crippen LogP) is 5.16. The molecule has 3 aromatic rings. The molecule has 0 saturated heterocycles. The minimum Gasteiger partial charge on any atom is -0.363 e. The lowest BCUT2D eigenvalue weighted by molar-refractivity contribution is -0.138. The van der Waals surface area contributed by atoms with E-state index in [0.717, 1.165) is 22.7 Å². The molecule has 2 aromatic heterocycles. The van der Waals surface area contributed by atoms with Crippen molar-refractivity contribution < 1.29 is 18.0 Å². The van der Waals surface area contributed by atoms with Crippen LogP contribution in [0.3, 0.4) is 0 Å². The average Bonchev–Trinajstić information content (AvgIpc) is 2.78. The van der Waals surface area contributed by atoms with Crippen LogP contribution in [-0.2, 0) is 11.0 Å². The fourth-order valence-electron chi connectivity index (χ4n) is 4.15. The van der Waals surface area contributed by atoms with Crippen molar-refractivity contribution in [2.24, 2.45) is 0 Å². The molecule has 6 nitrogen and oxygen atoms in total. The van der Waals surface area contributed by atoms with Gasteiger partial charge in [0.25, 0.3) is 0 Å². The van der Waals surface area contributed by atoms with Crippen LogP contribution in [0.1, 0.15) is 48.7 Å². The number of halogens is 3. The maximum absolute atomic E-state index is 13.3. The van der Waals surface area contributed by atoms with Gasteiger partial charge in [0, 0.05) is 25.4 Å². The minimum absolute atomic E-state index is 0.0375. The van der Waals surface area contributed by atoms with E-state index in [1.807, 2.05) is 12.1 Å². The number of benzene rings is 1. The Morgan fingerprint density at radius 1 is 1.21 bits per heavy atom. The van der Waals surface area contributed by atoms with Gasteiger partial charge in [-0.15, -0.1) is 0 Å². The molecule has 1 atom stereocenters. The monoisotopic (exact) mass is 455 g/mol. The molecule has 172 valence electrons. The molecule has 0 spiro atoms. The number of hydrogen-bond acceptors (Lipinski definition) is 5. The van der Waals surface area contributed by atoms with E-state index >= 15 is 0 Å². The number of alkyl halides is 3. The molecule has 0 unspecified atom stereocenters. The third-order valence-corrected chi connectivity index (χ3v) is 6.01. The molecule has 4 rings (SSSR count). The number of hydrogen-bond donors (Lipinski definition) is 1. The molecule has 1 amide bonds. The molecule has 1 N–H and O–H groups in total.